The number of carbonyl (C=O) groups is 1. The summed E-state index contributed by atoms with van der Waals surface area (Å²) in [7, 11) is 0. The molecule has 11 heteroatoms. The second-order valence-corrected chi connectivity index (χ2v) is 7.14. The van der Waals surface area contributed by atoms with Crippen molar-refractivity contribution >= 4 is 29.0 Å². The fourth-order valence-electron chi connectivity index (χ4n) is 3.48. The van der Waals surface area contributed by atoms with Crippen molar-refractivity contribution in [3.63, 3.8) is 0 Å². The Bertz CT molecular complexity index is 1480. The van der Waals surface area contributed by atoms with E-state index < -0.39 is 40.4 Å². The molecule has 1 aliphatic rings. The van der Waals surface area contributed by atoms with Crippen LogP contribution in [0.15, 0.2) is 63.1 Å². The molecule has 0 spiro atoms. The van der Waals surface area contributed by atoms with Gasteiger partial charge in [0.2, 0.25) is 5.88 Å². The number of fused-ring (bicyclic) bond motifs is 1. The number of aromatic nitrogens is 2. The largest absolute Gasteiger partial charge is 0.494 e. The third-order valence-corrected chi connectivity index (χ3v) is 4.99. The van der Waals surface area contributed by atoms with Gasteiger partial charge >= 0.3 is 17.8 Å². The highest BCUT2D eigenvalue weighted by molar-refractivity contribution is 6.58. The van der Waals surface area contributed by atoms with Crippen LogP contribution in [0.1, 0.15) is 23.6 Å². The van der Waals surface area contributed by atoms with Crippen LogP contribution in [0.3, 0.4) is 0 Å². The van der Waals surface area contributed by atoms with Crippen molar-refractivity contribution in [1.29, 1.82) is 0 Å². The van der Waals surface area contributed by atoms with Crippen molar-refractivity contribution < 1.29 is 27.8 Å². The Balaban J connectivity index is 1.93. The van der Waals surface area contributed by atoms with Crippen molar-refractivity contribution in [2.75, 3.05) is 6.61 Å². The lowest BCUT2D eigenvalue weighted by molar-refractivity contribution is -0.137. The van der Waals surface area contributed by atoms with Crippen LogP contribution in [0.4, 0.5) is 18.9 Å². The number of nitrogens with zero attached hydrogens (tertiary/aromatic N) is 2. The molecule has 0 saturated carbocycles. The molecule has 3 aromatic rings. The standard InChI is InChI=1S/C23H16F3N3O5/c1-2-34-21(32)18-15(14-8-3-4-9-17(14)27-18)11-16-19(30)28-22(33)29(20(16)31)13-7-5-6-12(10-13)23(24,25)26/h3-11,31H,2H2,1H3,(H,28,30,33)/b15-11+. The third-order valence-electron chi connectivity index (χ3n) is 4.99. The highest BCUT2D eigenvalue weighted by atomic mass is 19.4. The molecule has 0 radical (unpaired) electrons. The summed E-state index contributed by atoms with van der Waals surface area (Å²) in [5.41, 5.74) is -3.09. The minimum Gasteiger partial charge on any atom is -0.494 e. The van der Waals surface area contributed by atoms with Crippen molar-refractivity contribution in [2.45, 2.75) is 13.1 Å². The number of ether oxygens (including phenoxy) is 1. The zero-order chi connectivity index (χ0) is 24.6. The molecule has 2 aromatic carbocycles. The number of H-pyrrole nitrogens is 1. The fraction of sp³-hybridized carbons (Fsp3) is 0.130. The molecule has 0 fully saturated rings. The Labute approximate surface area is 189 Å². The highest BCUT2D eigenvalue weighted by Crippen LogP contribution is 2.37. The quantitative estimate of drug-likeness (QED) is 0.566. The summed E-state index contributed by atoms with van der Waals surface area (Å²) in [6, 6.07) is 10.3. The molecule has 174 valence electrons. The molecule has 1 aromatic heterocycles. The first kappa shape index (κ1) is 22.8. The number of alkyl halides is 3. The van der Waals surface area contributed by atoms with E-state index in [9.17, 15) is 32.7 Å². The van der Waals surface area contributed by atoms with E-state index in [4.69, 9.17) is 4.74 Å². The van der Waals surface area contributed by atoms with Gasteiger partial charge in [-0.25, -0.2) is 19.1 Å². The summed E-state index contributed by atoms with van der Waals surface area (Å²) >= 11 is 0. The van der Waals surface area contributed by atoms with Gasteiger partial charge in [0.25, 0.3) is 5.56 Å². The summed E-state index contributed by atoms with van der Waals surface area (Å²) < 4.78 is 45.0. The molecule has 0 unspecified atom stereocenters. The maximum Gasteiger partial charge on any atom is 0.416 e. The molecule has 2 N–H and O–H groups in total. The van der Waals surface area contributed by atoms with Gasteiger partial charge in [-0.2, -0.15) is 13.2 Å². The van der Waals surface area contributed by atoms with Crippen LogP contribution in [0.2, 0.25) is 0 Å². The number of para-hydroxylation sites is 1. The number of rotatable bonds is 4. The molecular formula is C23H16F3N3O5. The van der Waals surface area contributed by atoms with Crippen LogP contribution >= 0.6 is 0 Å². The average Bonchev–Trinajstić information content (AvgIpc) is 3.15. The van der Waals surface area contributed by atoms with E-state index in [1.54, 1.807) is 31.2 Å². The average molecular weight is 471 g/mol. The SMILES string of the molecule is CCOC(=O)C1=Nc2ccccc2/C1=C\c1c(O)n(-c2cccc(C(F)(F)F)c2)c(=O)[nH]c1=O. The number of aliphatic imine (C=N–C) groups is 1. The van der Waals surface area contributed by atoms with Gasteiger partial charge < -0.3 is 9.84 Å². The fourth-order valence-corrected chi connectivity index (χ4v) is 3.48. The van der Waals surface area contributed by atoms with Crippen LogP contribution in [0.5, 0.6) is 5.88 Å². The van der Waals surface area contributed by atoms with Gasteiger partial charge in [0.05, 0.1) is 23.5 Å². The molecule has 0 aliphatic carbocycles. The third kappa shape index (κ3) is 4.03. The minimum atomic E-state index is -4.69. The first-order chi connectivity index (χ1) is 16.1. The molecule has 34 heavy (non-hydrogen) atoms. The molecule has 0 bridgehead atoms. The van der Waals surface area contributed by atoms with Crippen molar-refractivity contribution in [3.8, 4) is 11.6 Å². The molecule has 8 nitrogen and oxygen atoms in total. The lowest BCUT2D eigenvalue weighted by atomic mass is 10.0. The number of benzene rings is 2. The topological polar surface area (TPSA) is 114 Å². The van der Waals surface area contributed by atoms with Crippen LogP contribution in [-0.4, -0.2) is 32.9 Å². The molecule has 0 amide bonds. The van der Waals surface area contributed by atoms with Crippen LogP contribution < -0.4 is 11.2 Å². The van der Waals surface area contributed by atoms with Gasteiger partial charge in [-0.3, -0.25) is 9.78 Å². The number of aromatic amines is 1. The Kier molecular flexibility index (Phi) is 5.70. The molecule has 1 aliphatic heterocycles. The number of hydrogen-bond donors (Lipinski definition) is 2. The Morgan fingerprint density at radius 1 is 1.18 bits per heavy atom. The van der Waals surface area contributed by atoms with Gasteiger partial charge in [-0.1, -0.05) is 24.3 Å². The Morgan fingerprint density at radius 3 is 2.62 bits per heavy atom. The summed E-state index contributed by atoms with van der Waals surface area (Å²) in [6.07, 6.45) is -3.56. The van der Waals surface area contributed by atoms with Gasteiger partial charge in [0, 0.05) is 11.1 Å². The van der Waals surface area contributed by atoms with E-state index in [1.165, 1.54) is 6.07 Å². The second kappa shape index (κ2) is 8.50. The maximum atomic E-state index is 13.1. The second-order valence-electron chi connectivity index (χ2n) is 7.14. The molecule has 0 saturated heterocycles. The zero-order valence-corrected chi connectivity index (χ0v) is 17.5. The van der Waals surface area contributed by atoms with Crippen LogP contribution in [0, 0.1) is 0 Å². The van der Waals surface area contributed by atoms with E-state index >= 15 is 0 Å². The van der Waals surface area contributed by atoms with Crippen LogP contribution in [-0.2, 0) is 15.7 Å². The summed E-state index contributed by atoms with van der Waals surface area (Å²) in [5.74, 6) is -1.68. The molecular weight excluding hydrogens is 455 g/mol. The number of hydrogen-bond acceptors (Lipinski definition) is 6. The number of halogens is 3. The molecule has 4 rings (SSSR count). The summed E-state index contributed by atoms with van der Waals surface area (Å²) in [4.78, 5) is 43.6. The van der Waals surface area contributed by atoms with E-state index in [0.717, 1.165) is 18.2 Å². The number of aromatic hydroxyl groups is 1. The maximum absolute atomic E-state index is 13.1. The van der Waals surface area contributed by atoms with E-state index in [0.29, 0.717) is 21.9 Å². The first-order valence-electron chi connectivity index (χ1n) is 9.95. The minimum absolute atomic E-state index is 0.0632. The Morgan fingerprint density at radius 2 is 1.91 bits per heavy atom. The normalized spacial score (nSPS) is 14.1. The predicted molar refractivity (Wildman–Crippen MR) is 117 cm³/mol. The van der Waals surface area contributed by atoms with Gasteiger partial charge in [0.15, 0.2) is 5.71 Å². The van der Waals surface area contributed by atoms with E-state index in [2.05, 4.69) is 4.99 Å². The number of nitrogens with one attached hydrogen (secondary N) is 1. The van der Waals surface area contributed by atoms with E-state index in [-0.39, 0.29) is 23.6 Å². The summed E-state index contributed by atoms with van der Waals surface area (Å²) in [6.45, 7) is 1.67. The molecule has 0 atom stereocenters. The lowest BCUT2D eigenvalue weighted by Crippen LogP contribution is -2.30. The van der Waals surface area contributed by atoms with Crippen LogP contribution in [0.25, 0.3) is 17.3 Å². The highest BCUT2D eigenvalue weighted by Gasteiger charge is 2.31. The Hall–Kier alpha value is -4.41. The summed E-state index contributed by atoms with van der Waals surface area (Å²) in [5, 5.41) is 10.8. The van der Waals surface area contributed by atoms with Crippen molar-refractivity contribution in [1.82, 2.24) is 9.55 Å². The number of carbonyl (C=O) groups excluding carboxylic acids is 1. The first-order valence-corrected chi connectivity index (χ1v) is 9.95. The van der Waals surface area contributed by atoms with Crippen molar-refractivity contribution in [2.24, 2.45) is 4.99 Å². The predicted octanol–water partition coefficient (Wildman–Crippen LogP) is 3.44. The van der Waals surface area contributed by atoms with Gasteiger partial charge in [-0.05, 0) is 37.3 Å². The number of esters is 1. The zero-order valence-electron chi connectivity index (χ0n) is 17.5. The lowest BCUT2D eigenvalue weighted by Gasteiger charge is -2.13. The van der Waals surface area contributed by atoms with Gasteiger partial charge in [0.1, 0.15) is 5.56 Å². The molecule has 2 heterocycles. The monoisotopic (exact) mass is 471 g/mol. The van der Waals surface area contributed by atoms with Gasteiger partial charge in [-0.15, -0.1) is 0 Å². The van der Waals surface area contributed by atoms with E-state index in [1.807, 2.05) is 4.98 Å². The smallest absolute Gasteiger partial charge is 0.416 e. The van der Waals surface area contributed by atoms with Crippen molar-refractivity contribution in [3.05, 3.63) is 86.1 Å².